The van der Waals surface area contributed by atoms with Gasteiger partial charge in [0, 0.05) is 31.6 Å². The van der Waals surface area contributed by atoms with E-state index in [1.807, 2.05) is 4.13 Å². The molecule has 0 saturated heterocycles. The van der Waals surface area contributed by atoms with Crippen LogP contribution >= 0.6 is 0 Å². The summed E-state index contributed by atoms with van der Waals surface area (Å²) in [4.78, 5) is 0. The van der Waals surface area contributed by atoms with Gasteiger partial charge in [-0.15, -0.1) is 0 Å². The number of sulfonamides is 2. The Bertz CT molecular complexity index is 553. The van der Waals surface area contributed by atoms with Crippen LogP contribution in [0.15, 0.2) is 0 Å². The predicted octanol–water partition coefficient (Wildman–Crippen LogP) is -1.41. The standard InChI is InChI=1S/C9H19F3NO7S2Si.Li/c1-4-18-23(19-5-2,20-6-3)8-7-21(14,15)13-22(16,17)9(10,11)12;/h4-8H2,1-3H3;/q-1;+1. The first kappa shape index (κ1) is 26.6. The minimum atomic E-state index is -6.13. The quantitative estimate of drug-likeness (QED) is 0.386. The van der Waals surface area contributed by atoms with Crippen LogP contribution in [-0.2, 0) is 33.3 Å². The van der Waals surface area contributed by atoms with E-state index in [4.69, 9.17) is 13.3 Å². The molecule has 0 saturated carbocycles. The van der Waals surface area contributed by atoms with Crippen molar-refractivity contribution in [1.82, 2.24) is 0 Å². The third-order valence-corrected chi connectivity index (χ3v) is 8.67. The first-order valence-electron chi connectivity index (χ1n) is 6.54. The summed E-state index contributed by atoms with van der Waals surface area (Å²) in [6.45, 7) is 5.20. The van der Waals surface area contributed by atoms with E-state index in [1.165, 1.54) is 0 Å². The van der Waals surface area contributed by atoms with Crippen LogP contribution in [-0.4, -0.2) is 56.7 Å². The molecule has 0 spiro atoms. The molecule has 0 unspecified atom stereocenters. The molecule has 140 valence electrons. The maximum atomic E-state index is 12.2. The largest absolute Gasteiger partial charge is 1.00 e. The second kappa shape index (κ2) is 10.5. The summed E-state index contributed by atoms with van der Waals surface area (Å²) < 4.78 is 99.3. The number of nitrogens with zero attached hydrogens (tertiary/aromatic N) is 1. The van der Waals surface area contributed by atoms with Crippen molar-refractivity contribution in [1.29, 1.82) is 0 Å². The van der Waals surface area contributed by atoms with E-state index in [2.05, 4.69) is 0 Å². The third kappa shape index (κ3) is 8.63. The molecule has 0 amide bonds. The molecule has 0 aromatic carbocycles. The fraction of sp³-hybridized carbons (Fsp3) is 1.00. The Morgan fingerprint density at radius 3 is 1.58 bits per heavy atom. The summed E-state index contributed by atoms with van der Waals surface area (Å²) in [5.41, 5.74) is -5.78. The van der Waals surface area contributed by atoms with Gasteiger partial charge in [0.1, 0.15) is 0 Å². The van der Waals surface area contributed by atoms with Gasteiger partial charge in [-0.25, -0.2) is 16.8 Å². The molecule has 0 bridgehead atoms. The van der Waals surface area contributed by atoms with Gasteiger partial charge in [0.25, 0.3) is 0 Å². The van der Waals surface area contributed by atoms with Gasteiger partial charge in [0.15, 0.2) is 10.0 Å². The van der Waals surface area contributed by atoms with Crippen LogP contribution in [0.3, 0.4) is 0 Å². The Labute approximate surface area is 153 Å². The number of rotatable bonds is 11. The zero-order valence-electron chi connectivity index (χ0n) is 13.8. The minimum Gasteiger partial charge on any atom is -0.428 e. The van der Waals surface area contributed by atoms with Gasteiger partial charge < -0.3 is 17.4 Å². The van der Waals surface area contributed by atoms with Crippen LogP contribution in [0, 0.1) is 0 Å². The van der Waals surface area contributed by atoms with Gasteiger partial charge in [-0.3, -0.25) is 0 Å². The minimum absolute atomic E-state index is 0. The molecule has 0 heterocycles. The van der Waals surface area contributed by atoms with Crippen molar-refractivity contribution in [2.45, 2.75) is 32.3 Å². The molecule has 0 aliphatic heterocycles. The van der Waals surface area contributed by atoms with Gasteiger partial charge in [0.2, 0.25) is 0 Å². The van der Waals surface area contributed by atoms with Crippen LogP contribution in [0.5, 0.6) is 0 Å². The van der Waals surface area contributed by atoms with E-state index in [9.17, 15) is 30.0 Å². The van der Waals surface area contributed by atoms with Crippen molar-refractivity contribution in [2.24, 2.45) is 0 Å². The molecule has 0 atom stereocenters. The van der Waals surface area contributed by atoms with Gasteiger partial charge in [0.05, 0.1) is 10.0 Å². The van der Waals surface area contributed by atoms with Crippen LogP contribution in [0.1, 0.15) is 20.8 Å². The van der Waals surface area contributed by atoms with Crippen LogP contribution in [0.25, 0.3) is 4.13 Å². The molecule has 0 aromatic heterocycles. The summed E-state index contributed by atoms with van der Waals surface area (Å²) >= 11 is 0. The average Bonchev–Trinajstić information content (AvgIpc) is 2.35. The van der Waals surface area contributed by atoms with Crippen LogP contribution in [0.4, 0.5) is 13.2 Å². The Kier molecular flexibility index (Phi) is 11.6. The smallest absolute Gasteiger partial charge is 0.428 e. The second-order valence-corrected chi connectivity index (χ2v) is 10.3. The van der Waals surface area contributed by atoms with Crippen molar-refractivity contribution < 1.29 is 62.1 Å². The maximum Gasteiger partial charge on any atom is 1.00 e. The zero-order chi connectivity index (χ0) is 18.4. The third-order valence-electron chi connectivity index (χ3n) is 2.26. The first-order chi connectivity index (χ1) is 10.3. The van der Waals surface area contributed by atoms with E-state index in [0.29, 0.717) is 0 Å². The molecule has 0 aliphatic rings. The van der Waals surface area contributed by atoms with E-state index < -0.39 is 46.2 Å². The van der Waals surface area contributed by atoms with Gasteiger partial charge >= 0.3 is 33.2 Å². The summed E-state index contributed by atoms with van der Waals surface area (Å²) in [7, 11) is -14.5. The summed E-state index contributed by atoms with van der Waals surface area (Å²) in [6.07, 6.45) is 0. The number of hydrogen-bond acceptors (Lipinski definition) is 7. The predicted molar refractivity (Wildman–Crippen MR) is 77.6 cm³/mol. The normalized spacial score (nSPS) is 13.6. The topological polar surface area (TPSA) is 110 Å². The number of hydrogen-bond donors (Lipinski definition) is 0. The van der Waals surface area contributed by atoms with Crippen molar-refractivity contribution in [3.8, 4) is 0 Å². The molecule has 0 fully saturated rings. The first-order valence-corrected chi connectivity index (χ1v) is 11.5. The van der Waals surface area contributed by atoms with Crippen molar-refractivity contribution in [3.63, 3.8) is 0 Å². The fourth-order valence-corrected chi connectivity index (χ4v) is 7.35. The van der Waals surface area contributed by atoms with Crippen LogP contribution < -0.4 is 18.9 Å². The molecule has 15 heteroatoms. The Hall–Kier alpha value is 0.344. The molecule has 0 aromatic rings. The number of halogens is 3. The van der Waals surface area contributed by atoms with Gasteiger partial charge in [-0.1, -0.05) is 0 Å². The van der Waals surface area contributed by atoms with Gasteiger partial charge in [-0.05, 0) is 20.8 Å². The summed E-state index contributed by atoms with van der Waals surface area (Å²) in [6, 6.07) is -0.415. The average molecular weight is 409 g/mol. The fourth-order valence-electron chi connectivity index (χ4n) is 1.48. The van der Waals surface area contributed by atoms with E-state index in [1.54, 1.807) is 20.8 Å². The zero-order valence-corrected chi connectivity index (χ0v) is 16.4. The molecule has 0 rings (SSSR count). The molecule has 0 aliphatic carbocycles. The van der Waals surface area contributed by atoms with Crippen molar-refractivity contribution in [3.05, 3.63) is 4.13 Å². The molecule has 0 radical (unpaired) electrons. The van der Waals surface area contributed by atoms with E-state index in [0.717, 1.165) is 0 Å². The van der Waals surface area contributed by atoms with E-state index in [-0.39, 0.29) is 38.7 Å². The number of alkyl halides is 3. The maximum absolute atomic E-state index is 12.2. The Morgan fingerprint density at radius 2 is 1.29 bits per heavy atom. The van der Waals surface area contributed by atoms with Crippen molar-refractivity contribution >= 4 is 28.9 Å². The monoisotopic (exact) mass is 409 g/mol. The molecule has 0 N–H and O–H groups in total. The second-order valence-electron chi connectivity index (χ2n) is 4.01. The van der Waals surface area contributed by atoms with Gasteiger partial charge in [-0.2, -0.15) is 13.2 Å². The molecular formula is C9H19F3LiNO7S2Si. The Balaban J connectivity index is 0. The summed E-state index contributed by atoms with van der Waals surface area (Å²) in [5, 5.41) is 0. The summed E-state index contributed by atoms with van der Waals surface area (Å²) in [5.74, 6) is -1.01. The molecule has 24 heavy (non-hydrogen) atoms. The van der Waals surface area contributed by atoms with Crippen molar-refractivity contribution in [2.75, 3.05) is 25.6 Å². The molecular weight excluding hydrogens is 390 g/mol. The van der Waals surface area contributed by atoms with E-state index >= 15 is 0 Å². The van der Waals surface area contributed by atoms with Crippen LogP contribution in [0.2, 0.25) is 6.04 Å². The SMILES string of the molecule is CCO[Si](CCS(=O)(=O)[N-]S(=O)(=O)C(F)(F)F)(OCC)OCC.[Li+]. The Morgan fingerprint density at radius 1 is 0.917 bits per heavy atom. The molecule has 8 nitrogen and oxygen atoms in total.